The minimum absolute atomic E-state index is 0.161. The van der Waals surface area contributed by atoms with Gasteiger partial charge in [0.2, 0.25) is 5.91 Å². The third-order valence-corrected chi connectivity index (χ3v) is 2.49. The van der Waals surface area contributed by atoms with Gasteiger partial charge < -0.3 is 4.90 Å². The Labute approximate surface area is 72.2 Å². The molecule has 1 fully saturated rings. The van der Waals surface area contributed by atoms with Crippen LogP contribution >= 0.6 is 0 Å². The molecule has 0 spiro atoms. The molecule has 1 amide bonds. The van der Waals surface area contributed by atoms with Crippen molar-refractivity contribution in [1.82, 2.24) is 4.90 Å². The van der Waals surface area contributed by atoms with Gasteiger partial charge in [-0.25, -0.2) is 0 Å². The van der Waals surface area contributed by atoms with Crippen molar-refractivity contribution in [3.8, 4) is 11.8 Å². The Bertz CT molecular complexity index is 295. The molecule has 0 unspecified atom stereocenters. The van der Waals surface area contributed by atoms with Crippen LogP contribution < -0.4 is 0 Å². The smallest absolute Gasteiger partial charge is 0.230 e. The first-order chi connectivity index (χ1) is 5.83. The summed E-state index contributed by atoms with van der Waals surface area (Å²) in [4.78, 5) is 13.3. The Morgan fingerprint density at radius 1 is 1.67 bits per heavy atom. The maximum absolute atomic E-state index is 11.5. The predicted octanol–water partition coefficient (Wildman–Crippen LogP) is 0.797. The number of carbonyl (C=O) groups is 1. The summed E-state index contributed by atoms with van der Waals surface area (Å²) in [6, 6.07) is 0.336. The largest absolute Gasteiger partial charge is 0.325 e. The molecule has 0 saturated carbocycles. The summed E-state index contributed by atoms with van der Waals surface area (Å²) < 4.78 is 0. The van der Waals surface area contributed by atoms with Crippen molar-refractivity contribution in [2.45, 2.75) is 19.4 Å². The average Bonchev–Trinajstić information content (AvgIpc) is 2.62. The van der Waals surface area contributed by atoms with E-state index in [4.69, 9.17) is 0 Å². The quantitative estimate of drug-likeness (QED) is 0.411. The van der Waals surface area contributed by atoms with Gasteiger partial charge in [-0.15, -0.1) is 5.92 Å². The van der Waals surface area contributed by atoms with E-state index in [0.29, 0.717) is 12.6 Å². The zero-order valence-corrected chi connectivity index (χ0v) is 7.08. The summed E-state index contributed by atoms with van der Waals surface area (Å²) in [7, 11) is 0. The fraction of sp³-hybridized carbons (Fsp3) is 0.500. The standard InChI is InChI=1S/C10H11NO/c1-2-3-6-11-9-5-4-8(7-9)10(11)12/h4-5,8-9H,6-7H2,1H3/t8-,9+/m0/s1. The topological polar surface area (TPSA) is 20.3 Å². The maximum atomic E-state index is 11.5. The van der Waals surface area contributed by atoms with Crippen LogP contribution in [0.2, 0.25) is 0 Å². The Morgan fingerprint density at radius 3 is 3.08 bits per heavy atom. The first kappa shape index (κ1) is 7.42. The van der Waals surface area contributed by atoms with Crippen LogP contribution in [0.4, 0.5) is 0 Å². The van der Waals surface area contributed by atoms with Gasteiger partial charge in [0.25, 0.3) is 0 Å². The lowest BCUT2D eigenvalue weighted by Gasteiger charge is -2.21. The molecule has 62 valence electrons. The number of likely N-dealkylation sites (tertiary alicyclic amines) is 1. The molecule has 2 bridgehead atoms. The van der Waals surface area contributed by atoms with Gasteiger partial charge in [-0.05, 0) is 13.3 Å². The molecule has 2 rings (SSSR count). The van der Waals surface area contributed by atoms with Crippen molar-refractivity contribution in [2.75, 3.05) is 6.54 Å². The van der Waals surface area contributed by atoms with Gasteiger partial charge in [0.1, 0.15) is 0 Å². The van der Waals surface area contributed by atoms with E-state index in [1.165, 1.54) is 0 Å². The molecule has 2 atom stereocenters. The number of nitrogens with zero attached hydrogens (tertiary/aromatic N) is 1. The minimum Gasteiger partial charge on any atom is -0.325 e. The highest BCUT2D eigenvalue weighted by atomic mass is 16.2. The number of hydrogen-bond donors (Lipinski definition) is 0. The van der Waals surface area contributed by atoms with Crippen LogP contribution in [-0.2, 0) is 4.79 Å². The lowest BCUT2D eigenvalue weighted by Crippen LogP contribution is -2.34. The highest BCUT2D eigenvalue weighted by Crippen LogP contribution is 2.32. The number of fused-ring (bicyclic) bond motifs is 2. The average molecular weight is 161 g/mol. The van der Waals surface area contributed by atoms with Gasteiger partial charge in [-0.3, -0.25) is 4.79 Å². The van der Waals surface area contributed by atoms with Crippen LogP contribution in [0.1, 0.15) is 13.3 Å². The summed E-state index contributed by atoms with van der Waals surface area (Å²) in [5.41, 5.74) is 0. The van der Waals surface area contributed by atoms with E-state index < -0.39 is 0 Å². The van der Waals surface area contributed by atoms with Crippen LogP contribution in [0.25, 0.3) is 0 Å². The van der Waals surface area contributed by atoms with Gasteiger partial charge in [-0.2, -0.15) is 0 Å². The van der Waals surface area contributed by atoms with Gasteiger partial charge in [0, 0.05) is 0 Å². The van der Waals surface area contributed by atoms with Gasteiger partial charge in [0.05, 0.1) is 18.5 Å². The first-order valence-corrected chi connectivity index (χ1v) is 4.21. The molecule has 1 aliphatic carbocycles. The lowest BCUT2D eigenvalue weighted by molar-refractivity contribution is -0.130. The molecule has 0 aromatic rings. The maximum Gasteiger partial charge on any atom is 0.230 e. The van der Waals surface area contributed by atoms with Crippen molar-refractivity contribution < 1.29 is 4.79 Å². The molecule has 0 radical (unpaired) electrons. The van der Waals surface area contributed by atoms with E-state index in [-0.39, 0.29) is 11.8 Å². The molecule has 1 heterocycles. The third-order valence-electron chi connectivity index (χ3n) is 2.49. The number of rotatable bonds is 1. The zero-order valence-electron chi connectivity index (χ0n) is 7.08. The summed E-state index contributed by atoms with van der Waals surface area (Å²) in [6.45, 7) is 2.40. The first-order valence-electron chi connectivity index (χ1n) is 4.21. The second kappa shape index (κ2) is 2.67. The van der Waals surface area contributed by atoms with E-state index in [2.05, 4.69) is 17.9 Å². The van der Waals surface area contributed by atoms with Crippen LogP contribution in [0.5, 0.6) is 0 Å². The van der Waals surface area contributed by atoms with Crippen molar-refractivity contribution in [2.24, 2.45) is 5.92 Å². The van der Waals surface area contributed by atoms with Crippen molar-refractivity contribution in [3.05, 3.63) is 12.2 Å². The van der Waals surface area contributed by atoms with Crippen LogP contribution in [0.15, 0.2) is 12.2 Å². The van der Waals surface area contributed by atoms with Crippen LogP contribution in [0, 0.1) is 17.8 Å². The van der Waals surface area contributed by atoms with Gasteiger partial charge in [-0.1, -0.05) is 18.1 Å². The predicted molar refractivity (Wildman–Crippen MR) is 46.2 cm³/mol. The Balaban J connectivity index is 2.11. The SMILES string of the molecule is CC#CCN1C(=O)[C@H]2C=C[C@@H]1C2. The molecule has 1 aliphatic heterocycles. The molecule has 2 aliphatic rings. The Hall–Kier alpha value is -1.23. The van der Waals surface area contributed by atoms with E-state index in [0.717, 1.165) is 6.42 Å². The molecule has 2 heteroatoms. The molecule has 1 saturated heterocycles. The number of hydrogen-bond acceptors (Lipinski definition) is 1. The lowest BCUT2D eigenvalue weighted by atomic mass is 10.1. The summed E-state index contributed by atoms with van der Waals surface area (Å²) in [5.74, 6) is 6.15. The van der Waals surface area contributed by atoms with Gasteiger partial charge >= 0.3 is 0 Å². The molecular weight excluding hydrogens is 150 g/mol. The van der Waals surface area contributed by atoms with E-state index in [1.54, 1.807) is 6.92 Å². The third kappa shape index (κ3) is 0.937. The van der Waals surface area contributed by atoms with Crippen LogP contribution in [0.3, 0.4) is 0 Å². The molecule has 2 nitrogen and oxygen atoms in total. The normalized spacial score (nSPS) is 30.8. The van der Waals surface area contributed by atoms with Crippen molar-refractivity contribution >= 4 is 5.91 Å². The fourth-order valence-electron chi connectivity index (χ4n) is 1.83. The van der Waals surface area contributed by atoms with E-state index in [9.17, 15) is 4.79 Å². The second-order valence-electron chi connectivity index (χ2n) is 3.19. The molecule has 12 heavy (non-hydrogen) atoms. The number of carbonyl (C=O) groups excluding carboxylic acids is 1. The van der Waals surface area contributed by atoms with Crippen molar-refractivity contribution in [1.29, 1.82) is 0 Å². The van der Waals surface area contributed by atoms with Crippen molar-refractivity contribution in [3.63, 3.8) is 0 Å². The van der Waals surface area contributed by atoms with Crippen LogP contribution in [-0.4, -0.2) is 23.4 Å². The van der Waals surface area contributed by atoms with E-state index >= 15 is 0 Å². The number of amides is 1. The molecular formula is C10H11NO. The molecule has 0 aromatic carbocycles. The molecule has 0 aromatic heterocycles. The Morgan fingerprint density at radius 2 is 2.50 bits per heavy atom. The van der Waals surface area contributed by atoms with E-state index in [1.807, 2.05) is 11.0 Å². The summed E-state index contributed by atoms with van der Waals surface area (Å²) in [6.07, 6.45) is 5.11. The minimum atomic E-state index is 0.161. The summed E-state index contributed by atoms with van der Waals surface area (Å²) >= 11 is 0. The highest BCUT2D eigenvalue weighted by Gasteiger charge is 2.40. The Kier molecular flexibility index (Phi) is 1.65. The second-order valence-corrected chi connectivity index (χ2v) is 3.19. The summed E-state index contributed by atoms with van der Waals surface area (Å²) in [5, 5.41) is 0. The van der Waals surface area contributed by atoms with Gasteiger partial charge in [0.15, 0.2) is 0 Å². The molecule has 0 N–H and O–H groups in total. The fourth-order valence-corrected chi connectivity index (χ4v) is 1.83. The highest BCUT2D eigenvalue weighted by molar-refractivity contribution is 5.85. The zero-order chi connectivity index (χ0) is 8.55. The monoisotopic (exact) mass is 161 g/mol.